The molecule has 8 heteroatoms. The van der Waals surface area contributed by atoms with E-state index in [0.29, 0.717) is 29.5 Å². The Labute approximate surface area is 154 Å². The van der Waals surface area contributed by atoms with Gasteiger partial charge in [-0.2, -0.15) is 13.2 Å². The van der Waals surface area contributed by atoms with Gasteiger partial charge in [-0.15, -0.1) is 0 Å². The van der Waals surface area contributed by atoms with Crippen LogP contribution in [0.5, 0.6) is 5.75 Å². The van der Waals surface area contributed by atoms with Crippen molar-refractivity contribution in [2.45, 2.75) is 32.6 Å². The number of nitrogens with one attached hydrogen (secondary N) is 1. The molecule has 0 saturated heterocycles. The molecule has 0 saturated carbocycles. The number of ether oxygens (including phenoxy) is 1. The molecule has 2 aromatic rings. The van der Waals surface area contributed by atoms with Gasteiger partial charge in [-0.25, -0.2) is 4.98 Å². The Morgan fingerprint density at radius 2 is 2.08 bits per heavy atom. The topological polar surface area (TPSA) is 51.2 Å². The molecule has 0 radical (unpaired) electrons. The number of alkyl halides is 3. The Morgan fingerprint density at radius 1 is 1.35 bits per heavy atom. The third kappa shape index (κ3) is 5.44. The molecule has 26 heavy (non-hydrogen) atoms. The molecule has 1 heterocycles. The van der Waals surface area contributed by atoms with E-state index in [9.17, 15) is 18.0 Å². The Balaban J connectivity index is 2.05. The van der Waals surface area contributed by atoms with E-state index in [4.69, 9.17) is 16.3 Å². The lowest BCUT2D eigenvalue weighted by Gasteiger charge is -2.18. The first kappa shape index (κ1) is 20.2. The van der Waals surface area contributed by atoms with Crippen molar-refractivity contribution in [1.29, 1.82) is 0 Å². The molecule has 0 bridgehead atoms. The largest absolute Gasteiger partial charge is 0.484 e. The monoisotopic (exact) mass is 386 g/mol. The van der Waals surface area contributed by atoms with Crippen LogP contribution >= 0.6 is 11.6 Å². The molecule has 1 atom stereocenters. The number of aryl methyl sites for hydroxylation is 1. The van der Waals surface area contributed by atoms with Crippen molar-refractivity contribution >= 4 is 17.9 Å². The van der Waals surface area contributed by atoms with Gasteiger partial charge in [-0.05, 0) is 37.1 Å². The van der Waals surface area contributed by atoms with E-state index in [1.807, 2.05) is 6.92 Å². The maximum absolute atomic E-state index is 12.3. The number of carbonyl (C=O) groups excluding carboxylic acids is 1. The molecule has 1 aromatic carbocycles. The highest BCUT2D eigenvalue weighted by Crippen LogP contribution is 2.25. The molecular weight excluding hydrogens is 369 g/mol. The summed E-state index contributed by atoms with van der Waals surface area (Å²) in [6.45, 7) is 2.59. The first-order chi connectivity index (χ1) is 12.2. The van der Waals surface area contributed by atoms with Crippen LogP contribution in [0.15, 0.2) is 30.5 Å². The molecule has 1 unspecified atom stereocenters. The summed E-state index contributed by atoms with van der Waals surface area (Å²) >= 11 is 6.04. The van der Waals surface area contributed by atoms with E-state index >= 15 is 0 Å². The molecule has 0 aliphatic rings. The number of nitrogens with zero attached hydrogens (tertiary/aromatic N) is 1. The zero-order valence-corrected chi connectivity index (χ0v) is 15.0. The summed E-state index contributed by atoms with van der Waals surface area (Å²) in [5, 5.41) is 3.48. The lowest BCUT2D eigenvalue weighted by atomic mass is 10.0. The first-order valence-electron chi connectivity index (χ1n) is 7.83. The second-order valence-electron chi connectivity index (χ2n) is 5.82. The first-order valence-corrected chi connectivity index (χ1v) is 8.21. The minimum absolute atomic E-state index is 0.124. The summed E-state index contributed by atoms with van der Waals surface area (Å²) in [5.41, 5.74) is 2.53. The number of aldehydes is 1. The van der Waals surface area contributed by atoms with Gasteiger partial charge in [-0.1, -0.05) is 23.7 Å². The molecule has 0 aliphatic heterocycles. The van der Waals surface area contributed by atoms with Crippen molar-refractivity contribution in [2.24, 2.45) is 0 Å². The van der Waals surface area contributed by atoms with Crippen LogP contribution in [0.2, 0.25) is 5.15 Å². The van der Waals surface area contributed by atoms with Crippen LogP contribution in [-0.4, -0.2) is 24.1 Å². The summed E-state index contributed by atoms with van der Waals surface area (Å²) in [6.07, 6.45) is -2.20. The predicted molar refractivity (Wildman–Crippen MR) is 92.6 cm³/mol. The minimum atomic E-state index is -4.38. The molecule has 2 rings (SSSR count). The number of carbonyl (C=O) groups is 1. The molecular formula is C18H18ClF3N2O2. The van der Waals surface area contributed by atoms with Crippen LogP contribution in [0.1, 0.15) is 40.0 Å². The van der Waals surface area contributed by atoms with Crippen molar-refractivity contribution in [1.82, 2.24) is 10.3 Å². The Bertz CT molecular complexity index is 782. The van der Waals surface area contributed by atoms with Gasteiger partial charge in [-0.3, -0.25) is 4.79 Å². The average molecular weight is 387 g/mol. The second-order valence-corrected chi connectivity index (χ2v) is 6.18. The van der Waals surface area contributed by atoms with Crippen molar-refractivity contribution in [2.75, 3.05) is 6.61 Å². The third-order valence-corrected chi connectivity index (χ3v) is 4.17. The number of pyridine rings is 1. The highest BCUT2D eigenvalue weighted by Gasteiger charge is 2.28. The molecule has 4 nitrogen and oxygen atoms in total. The number of hydrogen-bond donors (Lipinski definition) is 1. The van der Waals surface area contributed by atoms with Gasteiger partial charge in [0.15, 0.2) is 12.9 Å². The number of aromatic nitrogens is 1. The van der Waals surface area contributed by atoms with Gasteiger partial charge in [0.1, 0.15) is 10.9 Å². The zero-order valence-electron chi connectivity index (χ0n) is 14.2. The maximum atomic E-state index is 12.3. The lowest BCUT2D eigenvalue weighted by Crippen LogP contribution is -2.20. The molecule has 0 fully saturated rings. The van der Waals surface area contributed by atoms with Crippen LogP contribution in [0.3, 0.4) is 0 Å². The normalized spacial score (nSPS) is 12.7. The highest BCUT2D eigenvalue weighted by atomic mass is 35.5. The van der Waals surface area contributed by atoms with E-state index in [1.54, 1.807) is 25.1 Å². The second kappa shape index (κ2) is 8.51. The van der Waals surface area contributed by atoms with E-state index < -0.39 is 12.8 Å². The van der Waals surface area contributed by atoms with Crippen molar-refractivity contribution in [3.05, 3.63) is 57.9 Å². The summed E-state index contributed by atoms with van der Waals surface area (Å²) in [6, 6.07) is 6.43. The number of hydrogen-bond acceptors (Lipinski definition) is 4. The van der Waals surface area contributed by atoms with Gasteiger partial charge in [0.25, 0.3) is 0 Å². The summed E-state index contributed by atoms with van der Waals surface area (Å²) in [7, 11) is 0. The molecule has 0 amide bonds. The number of rotatable bonds is 7. The minimum Gasteiger partial charge on any atom is -0.484 e. The van der Waals surface area contributed by atoms with Crippen LogP contribution in [0, 0.1) is 6.92 Å². The smallest absolute Gasteiger partial charge is 0.422 e. The van der Waals surface area contributed by atoms with Gasteiger partial charge in [0.2, 0.25) is 0 Å². The van der Waals surface area contributed by atoms with Crippen molar-refractivity contribution < 1.29 is 22.7 Å². The highest BCUT2D eigenvalue weighted by molar-refractivity contribution is 6.30. The van der Waals surface area contributed by atoms with E-state index in [-0.39, 0.29) is 16.9 Å². The Hall–Kier alpha value is -2.12. The average Bonchev–Trinajstić information content (AvgIpc) is 2.58. The fourth-order valence-corrected chi connectivity index (χ4v) is 2.63. The molecule has 0 aliphatic carbocycles. The standard InChI is InChI=1S/C18H18ClF3N2O2/c1-11-7-13(3-4-16(11)26-10-18(20,21)22)12(2)24-8-15-14(9-25)5-6-23-17(15)19/h3-7,9,12,24H,8,10H2,1-2H3. The summed E-state index contributed by atoms with van der Waals surface area (Å²) in [4.78, 5) is 15.1. The van der Waals surface area contributed by atoms with Crippen LogP contribution in [-0.2, 0) is 6.54 Å². The molecule has 1 aromatic heterocycles. The summed E-state index contributed by atoms with van der Waals surface area (Å²) < 4.78 is 41.6. The third-order valence-electron chi connectivity index (χ3n) is 3.84. The van der Waals surface area contributed by atoms with Gasteiger partial charge < -0.3 is 10.1 Å². The Kier molecular flexibility index (Phi) is 6.61. The molecule has 140 valence electrons. The van der Waals surface area contributed by atoms with Crippen molar-refractivity contribution in [3.8, 4) is 5.75 Å². The van der Waals surface area contributed by atoms with E-state index in [0.717, 1.165) is 5.56 Å². The fraction of sp³-hybridized carbons (Fsp3) is 0.333. The summed E-state index contributed by atoms with van der Waals surface area (Å²) in [5.74, 6) is 0.191. The van der Waals surface area contributed by atoms with Gasteiger partial charge in [0.05, 0.1) is 0 Å². The molecule has 0 spiro atoms. The SMILES string of the molecule is Cc1cc(C(C)NCc2c(C=O)ccnc2Cl)ccc1OCC(F)(F)F. The fourth-order valence-electron chi connectivity index (χ4n) is 2.40. The van der Waals surface area contributed by atoms with Crippen LogP contribution in [0.4, 0.5) is 13.2 Å². The van der Waals surface area contributed by atoms with Gasteiger partial charge in [0, 0.05) is 29.9 Å². The number of benzene rings is 1. The van der Waals surface area contributed by atoms with Crippen LogP contribution in [0.25, 0.3) is 0 Å². The zero-order chi connectivity index (χ0) is 19.3. The lowest BCUT2D eigenvalue weighted by molar-refractivity contribution is -0.153. The van der Waals surface area contributed by atoms with Gasteiger partial charge >= 0.3 is 6.18 Å². The Morgan fingerprint density at radius 3 is 2.69 bits per heavy atom. The maximum Gasteiger partial charge on any atom is 0.422 e. The van der Waals surface area contributed by atoms with E-state index in [2.05, 4.69) is 10.3 Å². The number of halogens is 4. The van der Waals surface area contributed by atoms with Crippen LogP contribution < -0.4 is 10.1 Å². The predicted octanol–water partition coefficient (Wildman–Crippen LogP) is 4.65. The van der Waals surface area contributed by atoms with Crippen molar-refractivity contribution in [3.63, 3.8) is 0 Å². The van der Waals surface area contributed by atoms with E-state index in [1.165, 1.54) is 12.3 Å². The quantitative estimate of drug-likeness (QED) is 0.556. The molecule has 1 N–H and O–H groups in total.